The minimum absolute atomic E-state index is 0.103. The van der Waals surface area contributed by atoms with Crippen molar-refractivity contribution in [1.29, 1.82) is 0 Å². The fourth-order valence-electron chi connectivity index (χ4n) is 2.07. The highest BCUT2D eigenvalue weighted by molar-refractivity contribution is 5.93. The SMILES string of the molecule is COc1ccc([C@H](C)N(C)c2cc(C(N)=O)ccn2)cc1. The van der Waals surface area contributed by atoms with E-state index in [1.54, 1.807) is 25.4 Å². The Morgan fingerprint density at radius 2 is 1.95 bits per heavy atom. The number of benzene rings is 1. The van der Waals surface area contributed by atoms with Crippen molar-refractivity contribution in [2.75, 3.05) is 19.1 Å². The number of rotatable bonds is 5. The number of nitrogens with zero attached hydrogens (tertiary/aromatic N) is 2. The fourth-order valence-corrected chi connectivity index (χ4v) is 2.07. The first-order chi connectivity index (χ1) is 10.0. The zero-order valence-corrected chi connectivity index (χ0v) is 12.4. The molecule has 2 rings (SSSR count). The molecule has 0 unspecified atom stereocenters. The van der Waals surface area contributed by atoms with Gasteiger partial charge in [0.1, 0.15) is 11.6 Å². The Morgan fingerprint density at radius 3 is 2.52 bits per heavy atom. The molecule has 0 spiro atoms. The molecule has 1 heterocycles. The third-order valence-corrected chi connectivity index (χ3v) is 3.57. The van der Waals surface area contributed by atoms with Gasteiger partial charge in [0.25, 0.3) is 0 Å². The first-order valence-corrected chi connectivity index (χ1v) is 6.65. The molecule has 1 aromatic carbocycles. The molecule has 0 saturated heterocycles. The minimum Gasteiger partial charge on any atom is -0.497 e. The second-order valence-corrected chi connectivity index (χ2v) is 4.83. The molecule has 21 heavy (non-hydrogen) atoms. The van der Waals surface area contributed by atoms with Gasteiger partial charge in [-0.2, -0.15) is 0 Å². The highest BCUT2D eigenvalue weighted by Crippen LogP contribution is 2.25. The molecule has 1 amide bonds. The maximum Gasteiger partial charge on any atom is 0.248 e. The zero-order valence-electron chi connectivity index (χ0n) is 12.4. The quantitative estimate of drug-likeness (QED) is 0.915. The zero-order chi connectivity index (χ0) is 15.4. The number of hydrogen-bond donors (Lipinski definition) is 1. The molecule has 2 aromatic rings. The lowest BCUT2D eigenvalue weighted by Crippen LogP contribution is -2.23. The van der Waals surface area contributed by atoms with Gasteiger partial charge in [0.05, 0.1) is 13.2 Å². The molecule has 0 aliphatic rings. The second kappa shape index (κ2) is 6.26. The van der Waals surface area contributed by atoms with Crippen molar-refractivity contribution in [3.05, 3.63) is 53.7 Å². The van der Waals surface area contributed by atoms with Crippen LogP contribution < -0.4 is 15.4 Å². The summed E-state index contributed by atoms with van der Waals surface area (Å²) >= 11 is 0. The summed E-state index contributed by atoms with van der Waals surface area (Å²) in [7, 11) is 3.58. The molecule has 0 bridgehead atoms. The van der Waals surface area contributed by atoms with Crippen molar-refractivity contribution < 1.29 is 9.53 Å². The summed E-state index contributed by atoms with van der Waals surface area (Å²) in [5, 5.41) is 0. The van der Waals surface area contributed by atoms with E-state index in [4.69, 9.17) is 10.5 Å². The number of amides is 1. The number of hydrogen-bond acceptors (Lipinski definition) is 4. The van der Waals surface area contributed by atoms with Crippen LogP contribution in [0.1, 0.15) is 28.9 Å². The van der Waals surface area contributed by atoms with E-state index in [0.29, 0.717) is 11.4 Å². The molecular weight excluding hydrogens is 266 g/mol. The van der Waals surface area contributed by atoms with Gasteiger partial charge in [0, 0.05) is 18.8 Å². The number of nitrogens with two attached hydrogens (primary N) is 1. The molecule has 0 saturated carbocycles. The normalized spacial score (nSPS) is 11.8. The van der Waals surface area contributed by atoms with Crippen molar-refractivity contribution in [3.63, 3.8) is 0 Å². The van der Waals surface area contributed by atoms with E-state index in [9.17, 15) is 4.79 Å². The Kier molecular flexibility index (Phi) is 4.42. The lowest BCUT2D eigenvalue weighted by atomic mass is 10.1. The molecule has 1 aromatic heterocycles. The maximum atomic E-state index is 11.2. The summed E-state index contributed by atoms with van der Waals surface area (Å²) in [5.41, 5.74) is 6.88. The summed E-state index contributed by atoms with van der Waals surface area (Å²) in [6, 6.07) is 11.3. The molecule has 1 atom stereocenters. The number of methoxy groups -OCH3 is 1. The van der Waals surface area contributed by atoms with Crippen molar-refractivity contribution in [2.24, 2.45) is 5.73 Å². The van der Waals surface area contributed by atoms with Crippen LogP contribution in [0.5, 0.6) is 5.75 Å². The number of aromatic nitrogens is 1. The maximum absolute atomic E-state index is 11.2. The largest absolute Gasteiger partial charge is 0.497 e. The first-order valence-electron chi connectivity index (χ1n) is 6.65. The highest BCUT2D eigenvalue weighted by atomic mass is 16.5. The molecule has 2 N–H and O–H groups in total. The highest BCUT2D eigenvalue weighted by Gasteiger charge is 2.14. The molecule has 0 radical (unpaired) electrons. The Bertz CT molecular complexity index is 626. The number of ether oxygens (including phenoxy) is 1. The average Bonchev–Trinajstić information content (AvgIpc) is 2.53. The van der Waals surface area contributed by atoms with Crippen LogP contribution in [0.15, 0.2) is 42.6 Å². The molecule has 110 valence electrons. The van der Waals surface area contributed by atoms with Gasteiger partial charge in [0.2, 0.25) is 5.91 Å². The lowest BCUT2D eigenvalue weighted by Gasteiger charge is -2.26. The van der Waals surface area contributed by atoms with Gasteiger partial charge in [-0.25, -0.2) is 4.98 Å². The molecule has 0 aliphatic carbocycles. The number of anilines is 1. The van der Waals surface area contributed by atoms with E-state index in [-0.39, 0.29) is 6.04 Å². The first kappa shape index (κ1) is 14.8. The number of primary amides is 1. The van der Waals surface area contributed by atoms with Gasteiger partial charge >= 0.3 is 0 Å². The predicted molar refractivity (Wildman–Crippen MR) is 82.6 cm³/mol. The molecule has 0 fully saturated rings. The van der Waals surface area contributed by atoms with Crippen molar-refractivity contribution in [2.45, 2.75) is 13.0 Å². The van der Waals surface area contributed by atoms with Crippen LogP contribution in [0, 0.1) is 0 Å². The molecule has 5 nitrogen and oxygen atoms in total. The fraction of sp³-hybridized carbons (Fsp3) is 0.250. The van der Waals surface area contributed by atoms with Crippen LogP contribution in [0.3, 0.4) is 0 Å². The minimum atomic E-state index is -0.454. The summed E-state index contributed by atoms with van der Waals surface area (Å²) < 4.78 is 5.16. The summed E-state index contributed by atoms with van der Waals surface area (Å²) in [5.74, 6) is 1.07. The van der Waals surface area contributed by atoms with Crippen molar-refractivity contribution in [3.8, 4) is 5.75 Å². The van der Waals surface area contributed by atoms with Crippen molar-refractivity contribution >= 4 is 11.7 Å². The van der Waals surface area contributed by atoms with E-state index in [1.807, 2.05) is 36.2 Å². The Balaban J connectivity index is 2.23. The lowest BCUT2D eigenvalue weighted by molar-refractivity contribution is 0.1000. The summed E-state index contributed by atoms with van der Waals surface area (Å²) in [6.45, 7) is 2.07. The number of carbonyl (C=O) groups excluding carboxylic acids is 1. The van der Waals surface area contributed by atoms with Gasteiger partial charge in [-0.05, 0) is 36.8 Å². The molecule has 5 heteroatoms. The van der Waals surface area contributed by atoms with E-state index < -0.39 is 5.91 Å². The van der Waals surface area contributed by atoms with Crippen molar-refractivity contribution in [1.82, 2.24) is 4.98 Å². The van der Waals surface area contributed by atoms with E-state index in [2.05, 4.69) is 11.9 Å². The topological polar surface area (TPSA) is 68.5 Å². The van der Waals surface area contributed by atoms with Crippen LogP contribution >= 0.6 is 0 Å². The van der Waals surface area contributed by atoms with E-state index in [0.717, 1.165) is 11.3 Å². The van der Waals surface area contributed by atoms with Gasteiger partial charge in [0.15, 0.2) is 0 Å². The number of pyridine rings is 1. The molecule has 0 aliphatic heterocycles. The smallest absolute Gasteiger partial charge is 0.248 e. The summed E-state index contributed by atoms with van der Waals surface area (Å²) in [4.78, 5) is 17.5. The Labute approximate surface area is 124 Å². The van der Waals surface area contributed by atoms with Crippen LogP contribution in [0.2, 0.25) is 0 Å². The van der Waals surface area contributed by atoms with Crippen LogP contribution in [0.25, 0.3) is 0 Å². The monoisotopic (exact) mass is 285 g/mol. The van der Waals surface area contributed by atoms with Gasteiger partial charge < -0.3 is 15.4 Å². The molecular formula is C16H19N3O2. The van der Waals surface area contributed by atoms with Crippen LogP contribution in [0.4, 0.5) is 5.82 Å². The third kappa shape index (κ3) is 3.31. The van der Waals surface area contributed by atoms with E-state index in [1.165, 1.54) is 0 Å². The van der Waals surface area contributed by atoms with Crippen LogP contribution in [-0.2, 0) is 0 Å². The Morgan fingerprint density at radius 1 is 1.29 bits per heavy atom. The summed E-state index contributed by atoms with van der Waals surface area (Å²) in [6.07, 6.45) is 1.59. The van der Waals surface area contributed by atoms with Gasteiger partial charge in [-0.1, -0.05) is 12.1 Å². The van der Waals surface area contributed by atoms with Crippen LogP contribution in [-0.4, -0.2) is 25.0 Å². The van der Waals surface area contributed by atoms with E-state index >= 15 is 0 Å². The third-order valence-electron chi connectivity index (χ3n) is 3.57. The average molecular weight is 285 g/mol. The second-order valence-electron chi connectivity index (χ2n) is 4.83. The van der Waals surface area contributed by atoms with Gasteiger partial charge in [-0.15, -0.1) is 0 Å². The standard InChI is InChI=1S/C16H19N3O2/c1-11(12-4-6-14(21-3)7-5-12)19(2)15-10-13(16(17)20)8-9-18-15/h4-11H,1-3H3,(H2,17,20)/t11-/m0/s1. The van der Waals surface area contributed by atoms with Gasteiger partial charge in [-0.3, -0.25) is 4.79 Å². The number of carbonyl (C=O) groups is 1. The predicted octanol–water partition coefficient (Wildman–Crippen LogP) is 2.39. The Hall–Kier alpha value is -2.56.